The average molecular weight is 381 g/mol. The molecule has 3 aromatic rings. The van der Waals surface area contributed by atoms with E-state index in [4.69, 9.17) is 16.0 Å². The van der Waals surface area contributed by atoms with Crippen LogP contribution in [0.3, 0.4) is 0 Å². The van der Waals surface area contributed by atoms with Crippen LogP contribution in [0, 0.1) is 0 Å². The predicted octanol–water partition coefficient (Wildman–Crippen LogP) is 4.19. The Morgan fingerprint density at radius 3 is 2.91 bits per heavy atom. The molecule has 1 N–H and O–H groups in total. The third kappa shape index (κ3) is 3.40. The Morgan fingerprint density at radius 2 is 2.18 bits per heavy atom. The van der Waals surface area contributed by atoms with Gasteiger partial charge in [0.15, 0.2) is 10.4 Å². The van der Waals surface area contributed by atoms with Crippen molar-refractivity contribution in [2.24, 2.45) is 0 Å². The van der Waals surface area contributed by atoms with Gasteiger partial charge in [0.05, 0.1) is 12.7 Å². The van der Waals surface area contributed by atoms with Crippen LogP contribution in [0.2, 0.25) is 5.02 Å². The highest BCUT2D eigenvalue weighted by Crippen LogP contribution is 2.17. The maximum absolute atomic E-state index is 12.1. The molecule has 2 heterocycles. The maximum atomic E-state index is 12.1. The van der Waals surface area contributed by atoms with Crippen molar-refractivity contribution in [3.8, 4) is 0 Å². The number of amides is 1. The predicted molar refractivity (Wildman–Crippen MR) is 87.1 cm³/mol. The number of nitrogens with zero attached hydrogens (tertiary/aromatic N) is 2. The van der Waals surface area contributed by atoms with Crippen LogP contribution in [0.15, 0.2) is 57.7 Å². The first-order valence-electron chi connectivity index (χ1n) is 6.45. The highest BCUT2D eigenvalue weighted by molar-refractivity contribution is 9.10. The summed E-state index contributed by atoms with van der Waals surface area (Å²) >= 11 is 9.14. The van der Waals surface area contributed by atoms with Crippen LogP contribution in [0.25, 0.3) is 0 Å². The largest absolute Gasteiger partial charge is 0.444 e. The number of rotatable bonds is 4. The number of anilines is 1. The zero-order valence-electron chi connectivity index (χ0n) is 11.3. The second-order valence-corrected chi connectivity index (χ2v) is 5.78. The third-order valence-corrected chi connectivity index (χ3v) is 3.64. The van der Waals surface area contributed by atoms with Gasteiger partial charge in [0.1, 0.15) is 5.82 Å². The van der Waals surface area contributed by atoms with Crippen molar-refractivity contribution in [2.75, 3.05) is 5.32 Å². The van der Waals surface area contributed by atoms with E-state index in [0.29, 0.717) is 22.1 Å². The summed E-state index contributed by atoms with van der Waals surface area (Å²) < 4.78 is 7.41. The van der Waals surface area contributed by atoms with Gasteiger partial charge in [0.2, 0.25) is 0 Å². The van der Waals surface area contributed by atoms with E-state index in [2.05, 4.69) is 26.3 Å². The Labute approximate surface area is 140 Å². The third-order valence-electron chi connectivity index (χ3n) is 2.98. The summed E-state index contributed by atoms with van der Waals surface area (Å²) in [4.78, 5) is 12.1. The van der Waals surface area contributed by atoms with E-state index in [1.807, 2.05) is 24.3 Å². The van der Waals surface area contributed by atoms with Gasteiger partial charge in [0.25, 0.3) is 5.91 Å². The summed E-state index contributed by atoms with van der Waals surface area (Å²) in [6, 6.07) is 12.5. The van der Waals surface area contributed by atoms with Gasteiger partial charge in [-0.05, 0) is 45.8 Å². The molecule has 1 amide bonds. The first-order valence-corrected chi connectivity index (χ1v) is 7.62. The minimum Gasteiger partial charge on any atom is -0.444 e. The molecule has 0 radical (unpaired) electrons. The Hall–Kier alpha value is -2.05. The van der Waals surface area contributed by atoms with Crippen LogP contribution in [-0.4, -0.2) is 15.7 Å². The van der Waals surface area contributed by atoms with E-state index in [0.717, 1.165) is 5.56 Å². The number of hydrogen-bond acceptors (Lipinski definition) is 3. The van der Waals surface area contributed by atoms with Gasteiger partial charge >= 0.3 is 0 Å². The molecule has 3 rings (SSSR count). The molecule has 0 atom stereocenters. The topological polar surface area (TPSA) is 60.1 Å². The number of benzene rings is 1. The number of carbonyl (C=O) groups is 1. The maximum Gasteiger partial charge on any atom is 0.292 e. The normalized spacial score (nSPS) is 10.6. The van der Waals surface area contributed by atoms with E-state index < -0.39 is 0 Å². The van der Waals surface area contributed by atoms with Crippen molar-refractivity contribution in [3.63, 3.8) is 0 Å². The van der Waals surface area contributed by atoms with E-state index >= 15 is 0 Å². The van der Waals surface area contributed by atoms with Crippen molar-refractivity contribution in [3.05, 3.63) is 69.7 Å². The van der Waals surface area contributed by atoms with Gasteiger partial charge < -0.3 is 9.73 Å². The first-order chi connectivity index (χ1) is 10.6. The van der Waals surface area contributed by atoms with Crippen molar-refractivity contribution in [1.82, 2.24) is 9.78 Å². The standard InChI is InChI=1S/C15H11BrClN3O2/c16-13-5-4-12(22-13)15(21)19-14-6-7-18-20(14)9-10-2-1-3-11(17)8-10/h1-8H,9H2,(H,19,21). The molecular weight excluding hydrogens is 370 g/mol. The molecule has 0 spiro atoms. The molecule has 22 heavy (non-hydrogen) atoms. The average Bonchev–Trinajstić information content (AvgIpc) is 3.09. The molecule has 2 aromatic heterocycles. The molecule has 5 nitrogen and oxygen atoms in total. The molecule has 0 bridgehead atoms. The van der Waals surface area contributed by atoms with Gasteiger partial charge in [-0.2, -0.15) is 5.10 Å². The van der Waals surface area contributed by atoms with Crippen molar-refractivity contribution < 1.29 is 9.21 Å². The van der Waals surface area contributed by atoms with Gasteiger partial charge in [-0.25, -0.2) is 4.68 Å². The quantitative estimate of drug-likeness (QED) is 0.738. The fourth-order valence-corrected chi connectivity index (χ4v) is 2.51. The Kier molecular flexibility index (Phi) is 4.31. The van der Waals surface area contributed by atoms with Crippen LogP contribution in [0.1, 0.15) is 16.1 Å². The number of hydrogen-bond donors (Lipinski definition) is 1. The second-order valence-electron chi connectivity index (χ2n) is 4.56. The smallest absolute Gasteiger partial charge is 0.292 e. The molecule has 1 aromatic carbocycles. The van der Waals surface area contributed by atoms with Crippen LogP contribution < -0.4 is 5.32 Å². The highest BCUT2D eigenvalue weighted by Gasteiger charge is 2.13. The summed E-state index contributed by atoms with van der Waals surface area (Å²) in [7, 11) is 0. The molecule has 0 saturated heterocycles. The lowest BCUT2D eigenvalue weighted by Crippen LogP contribution is -2.15. The molecule has 7 heteroatoms. The summed E-state index contributed by atoms with van der Waals surface area (Å²) in [6.45, 7) is 0.505. The summed E-state index contributed by atoms with van der Waals surface area (Å²) in [6.07, 6.45) is 1.62. The van der Waals surface area contributed by atoms with Gasteiger partial charge in [-0.1, -0.05) is 23.7 Å². The fraction of sp³-hybridized carbons (Fsp3) is 0.0667. The number of nitrogens with one attached hydrogen (secondary N) is 1. The molecule has 0 aliphatic rings. The molecule has 0 aliphatic heterocycles. The molecule has 0 unspecified atom stereocenters. The molecule has 0 fully saturated rings. The molecule has 0 aliphatic carbocycles. The van der Waals surface area contributed by atoms with Gasteiger partial charge in [-0.15, -0.1) is 0 Å². The lowest BCUT2D eigenvalue weighted by Gasteiger charge is -2.08. The van der Waals surface area contributed by atoms with E-state index in [-0.39, 0.29) is 11.7 Å². The number of carbonyl (C=O) groups excluding carboxylic acids is 1. The highest BCUT2D eigenvalue weighted by atomic mass is 79.9. The Morgan fingerprint density at radius 1 is 1.32 bits per heavy atom. The number of aromatic nitrogens is 2. The van der Waals surface area contributed by atoms with Crippen molar-refractivity contribution in [2.45, 2.75) is 6.54 Å². The van der Waals surface area contributed by atoms with Gasteiger partial charge in [-0.3, -0.25) is 4.79 Å². The summed E-state index contributed by atoms with van der Waals surface area (Å²) in [5, 5.41) is 7.64. The van der Waals surface area contributed by atoms with Crippen LogP contribution >= 0.6 is 27.5 Å². The summed E-state index contributed by atoms with van der Waals surface area (Å²) in [5.41, 5.74) is 0.993. The van der Waals surface area contributed by atoms with Crippen LogP contribution in [-0.2, 0) is 6.54 Å². The lowest BCUT2D eigenvalue weighted by molar-refractivity contribution is 0.0994. The minimum atomic E-state index is -0.335. The Balaban J connectivity index is 1.76. The SMILES string of the molecule is O=C(Nc1ccnn1Cc1cccc(Cl)c1)c1ccc(Br)o1. The van der Waals surface area contributed by atoms with Gasteiger partial charge in [0, 0.05) is 11.1 Å². The van der Waals surface area contributed by atoms with Crippen molar-refractivity contribution in [1.29, 1.82) is 0 Å². The number of furan rings is 1. The molecular formula is C15H11BrClN3O2. The Bertz CT molecular complexity index is 812. The van der Waals surface area contributed by atoms with Crippen LogP contribution in [0.5, 0.6) is 0 Å². The van der Waals surface area contributed by atoms with Crippen molar-refractivity contribution >= 4 is 39.3 Å². The zero-order chi connectivity index (χ0) is 15.5. The monoisotopic (exact) mass is 379 g/mol. The first kappa shape index (κ1) is 14.9. The lowest BCUT2D eigenvalue weighted by atomic mass is 10.2. The zero-order valence-corrected chi connectivity index (χ0v) is 13.6. The van der Waals surface area contributed by atoms with Crippen LogP contribution in [0.4, 0.5) is 5.82 Å². The van der Waals surface area contributed by atoms with E-state index in [1.54, 1.807) is 29.1 Å². The molecule has 0 saturated carbocycles. The fourth-order valence-electron chi connectivity index (χ4n) is 1.99. The minimum absolute atomic E-state index is 0.224. The van der Waals surface area contributed by atoms with E-state index in [1.165, 1.54) is 0 Å². The summed E-state index contributed by atoms with van der Waals surface area (Å²) in [5.74, 6) is 0.471. The number of halogens is 2. The second kappa shape index (κ2) is 6.37. The van der Waals surface area contributed by atoms with E-state index in [9.17, 15) is 4.79 Å². The molecule has 112 valence electrons.